The van der Waals surface area contributed by atoms with Crippen LogP contribution in [0.5, 0.6) is 5.75 Å². The van der Waals surface area contributed by atoms with Crippen molar-refractivity contribution >= 4 is 11.6 Å². The molecule has 1 aromatic carbocycles. The molecule has 0 spiro atoms. The zero-order chi connectivity index (χ0) is 13.1. The maximum atomic E-state index is 11.8. The second-order valence-electron chi connectivity index (χ2n) is 3.90. The van der Waals surface area contributed by atoms with Crippen molar-refractivity contribution in [2.45, 2.75) is 13.8 Å². The quantitative estimate of drug-likeness (QED) is 0.863. The molecule has 0 unspecified atom stereocenters. The summed E-state index contributed by atoms with van der Waals surface area (Å²) in [6.45, 7) is 3.85. The lowest BCUT2D eigenvalue weighted by Crippen LogP contribution is -2.13. The molecule has 18 heavy (non-hydrogen) atoms. The van der Waals surface area contributed by atoms with Crippen LogP contribution in [0.1, 0.15) is 21.6 Å². The van der Waals surface area contributed by atoms with Gasteiger partial charge in [0.15, 0.2) is 5.69 Å². The highest BCUT2D eigenvalue weighted by molar-refractivity contribution is 6.03. The van der Waals surface area contributed by atoms with Gasteiger partial charge in [0.2, 0.25) is 0 Å². The molecule has 2 rings (SSSR count). The van der Waals surface area contributed by atoms with Gasteiger partial charge in [-0.25, -0.2) is 0 Å². The van der Waals surface area contributed by atoms with Crippen LogP contribution in [0.2, 0.25) is 0 Å². The highest BCUT2D eigenvalue weighted by atomic mass is 16.5. The molecule has 6 nitrogen and oxygen atoms in total. The van der Waals surface area contributed by atoms with Crippen molar-refractivity contribution in [1.29, 1.82) is 0 Å². The smallest absolute Gasteiger partial charge is 0.277 e. The predicted molar refractivity (Wildman–Crippen MR) is 66.8 cm³/mol. The van der Waals surface area contributed by atoms with Gasteiger partial charge in [-0.2, -0.15) is 15.4 Å². The summed E-state index contributed by atoms with van der Waals surface area (Å²) in [5.74, 6) is 0.464. The summed E-state index contributed by atoms with van der Waals surface area (Å²) in [4.78, 5) is 11.8. The number of ether oxygens (including phenoxy) is 1. The third-order valence-electron chi connectivity index (χ3n) is 2.70. The Morgan fingerprint density at radius 2 is 2.17 bits per heavy atom. The lowest BCUT2D eigenvalue weighted by atomic mass is 10.1. The molecule has 0 aliphatic heterocycles. The van der Waals surface area contributed by atoms with Gasteiger partial charge in [-0.15, -0.1) is 0 Å². The molecular formula is C12H14N4O2. The normalized spacial score (nSPS) is 10.2. The Bertz CT molecular complexity index is 564. The molecule has 0 radical (unpaired) electrons. The van der Waals surface area contributed by atoms with E-state index in [9.17, 15) is 4.79 Å². The number of benzene rings is 1. The third-order valence-corrected chi connectivity index (χ3v) is 2.70. The highest BCUT2D eigenvalue weighted by Gasteiger charge is 2.13. The van der Waals surface area contributed by atoms with Crippen molar-refractivity contribution in [3.63, 3.8) is 0 Å². The number of amides is 1. The first-order valence-corrected chi connectivity index (χ1v) is 5.44. The number of hydrogen-bond acceptors (Lipinski definition) is 4. The number of nitrogens with one attached hydrogen (secondary N) is 2. The maximum Gasteiger partial charge on any atom is 0.277 e. The van der Waals surface area contributed by atoms with Crippen LogP contribution in [-0.4, -0.2) is 28.4 Å². The van der Waals surface area contributed by atoms with E-state index in [0.29, 0.717) is 5.69 Å². The van der Waals surface area contributed by atoms with Crippen molar-refractivity contribution in [3.8, 4) is 5.75 Å². The molecule has 0 saturated carbocycles. The number of aromatic amines is 1. The number of methoxy groups -OCH3 is 1. The molecule has 0 aliphatic carbocycles. The number of nitrogens with zero attached hydrogens (tertiary/aromatic N) is 2. The van der Waals surface area contributed by atoms with Gasteiger partial charge in [0, 0.05) is 11.3 Å². The SMILES string of the molecule is COc1c(C)ccc(NC(=O)c2cn[nH]n2)c1C. The van der Waals surface area contributed by atoms with E-state index in [0.717, 1.165) is 16.9 Å². The van der Waals surface area contributed by atoms with E-state index in [1.807, 2.05) is 26.0 Å². The van der Waals surface area contributed by atoms with E-state index in [-0.39, 0.29) is 11.6 Å². The zero-order valence-corrected chi connectivity index (χ0v) is 10.4. The number of carbonyl (C=O) groups is 1. The van der Waals surface area contributed by atoms with Crippen molar-refractivity contribution in [2.24, 2.45) is 0 Å². The minimum absolute atomic E-state index is 0.244. The fraction of sp³-hybridized carbons (Fsp3) is 0.250. The Balaban J connectivity index is 2.27. The Labute approximate surface area is 104 Å². The van der Waals surface area contributed by atoms with Crippen LogP contribution in [0.4, 0.5) is 5.69 Å². The van der Waals surface area contributed by atoms with Gasteiger partial charge in [-0.1, -0.05) is 6.07 Å². The van der Waals surface area contributed by atoms with Gasteiger partial charge in [0.1, 0.15) is 5.75 Å². The number of anilines is 1. The lowest BCUT2D eigenvalue weighted by molar-refractivity contribution is 0.102. The Morgan fingerprint density at radius 3 is 2.78 bits per heavy atom. The number of aryl methyl sites for hydroxylation is 1. The Morgan fingerprint density at radius 1 is 1.39 bits per heavy atom. The first-order chi connectivity index (χ1) is 8.63. The number of carbonyl (C=O) groups excluding carboxylic acids is 1. The summed E-state index contributed by atoms with van der Waals surface area (Å²) in [5.41, 5.74) is 2.85. The van der Waals surface area contributed by atoms with E-state index < -0.39 is 0 Å². The van der Waals surface area contributed by atoms with E-state index in [1.54, 1.807) is 7.11 Å². The van der Waals surface area contributed by atoms with Gasteiger partial charge in [0.05, 0.1) is 13.3 Å². The molecule has 94 valence electrons. The lowest BCUT2D eigenvalue weighted by Gasteiger charge is -2.13. The summed E-state index contributed by atoms with van der Waals surface area (Å²) in [7, 11) is 1.61. The largest absolute Gasteiger partial charge is 0.496 e. The molecule has 2 N–H and O–H groups in total. The second-order valence-corrected chi connectivity index (χ2v) is 3.90. The summed E-state index contributed by atoms with van der Waals surface area (Å²) in [5, 5.41) is 12.5. The fourth-order valence-electron chi connectivity index (χ4n) is 1.77. The topological polar surface area (TPSA) is 79.9 Å². The first-order valence-electron chi connectivity index (χ1n) is 5.44. The van der Waals surface area contributed by atoms with Crippen molar-refractivity contribution in [3.05, 3.63) is 35.2 Å². The number of hydrogen-bond donors (Lipinski definition) is 2. The van der Waals surface area contributed by atoms with E-state index in [4.69, 9.17) is 4.74 Å². The van der Waals surface area contributed by atoms with E-state index in [2.05, 4.69) is 20.7 Å². The summed E-state index contributed by atoms with van der Waals surface area (Å²) >= 11 is 0. The third kappa shape index (κ3) is 2.17. The van der Waals surface area contributed by atoms with Crippen LogP contribution in [-0.2, 0) is 0 Å². The van der Waals surface area contributed by atoms with Gasteiger partial charge < -0.3 is 10.1 Å². The molecule has 1 amide bonds. The molecule has 1 aromatic heterocycles. The number of aromatic nitrogens is 3. The van der Waals surface area contributed by atoms with Crippen LogP contribution in [0.25, 0.3) is 0 Å². The molecule has 0 fully saturated rings. The van der Waals surface area contributed by atoms with Gasteiger partial charge in [-0.05, 0) is 25.5 Å². The van der Waals surface area contributed by atoms with Crippen molar-refractivity contribution in [1.82, 2.24) is 15.4 Å². The Hall–Kier alpha value is -2.37. The summed E-state index contributed by atoms with van der Waals surface area (Å²) in [6.07, 6.45) is 1.37. The molecule has 0 saturated heterocycles. The van der Waals surface area contributed by atoms with Crippen LogP contribution >= 0.6 is 0 Å². The highest BCUT2D eigenvalue weighted by Crippen LogP contribution is 2.29. The van der Waals surface area contributed by atoms with Gasteiger partial charge in [0.25, 0.3) is 5.91 Å². The molecule has 0 atom stereocenters. The van der Waals surface area contributed by atoms with Crippen LogP contribution in [0.3, 0.4) is 0 Å². The number of H-pyrrole nitrogens is 1. The number of rotatable bonds is 3. The Kier molecular flexibility index (Phi) is 3.27. The van der Waals surface area contributed by atoms with Crippen molar-refractivity contribution < 1.29 is 9.53 Å². The minimum Gasteiger partial charge on any atom is -0.496 e. The second kappa shape index (κ2) is 4.87. The van der Waals surface area contributed by atoms with Crippen LogP contribution in [0.15, 0.2) is 18.3 Å². The molecule has 0 aliphatic rings. The van der Waals surface area contributed by atoms with E-state index >= 15 is 0 Å². The van der Waals surface area contributed by atoms with Gasteiger partial charge in [-0.3, -0.25) is 4.79 Å². The molecule has 1 heterocycles. The maximum absolute atomic E-state index is 11.8. The first kappa shape index (κ1) is 12.1. The monoisotopic (exact) mass is 246 g/mol. The predicted octanol–water partition coefficient (Wildman–Crippen LogP) is 1.68. The van der Waals surface area contributed by atoms with Crippen LogP contribution < -0.4 is 10.1 Å². The zero-order valence-electron chi connectivity index (χ0n) is 10.4. The van der Waals surface area contributed by atoms with Crippen LogP contribution in [0, 0.1) is 13.8 Å². The van der Waals surface area contributed by atoms with Gasteiger partial charge >= 0.3 is 0 Å². The molecule has 6 heteroatoms. The van der Waals surface area contributed by atoms with Crippen molar-refractivity contribution in [2.75, 3.05) is 12.4 Å². The fourth-order valence-corrected chi connectivity index (χ4v) is 1.77. The summed E-state index contributed by atoms with van der Waals surface area (Å²) < 4.78 is 5.30. The summed E-state index contributed by atoms with van der Waals surface area (Å²) in [6, 6.07) is 3.73. The molecular weight excluding hydrogens is 232 g/mol. The molecule has 0 bridgehead atoms. The molecule has 2 aromatic rings. The minimum atomic E-state index is -0.308. The standard InChI is InChI=1S/C12H14N4O2/c1-7-4-5-9(8(2)11(7)18-3)14-12(17)10-6-13-16-15-10/h4-6H,1-3H3,(H,14,17)(H,13,15,16). The average Bonchev–Trinajstić information content (AvgIpc) is 2.87. The average molecular weight is 246 g/mol. The van der Waals surface area contributed by atoms with E-state index in [1.165, 1.54) is 6.20 Å².